The molecule has 2 rings (SSSR count). The summed E-state index contributed by atoms with van der Waals surface area (Å²) >= 11 is 0. The minimum Gasteiger partial charge on any atom is -0.460 e. The number of piperidine rings is 1. The van der Waals surface area contributed by atoms with Crippen LogP contribution >= 0.6 is 0 Å². The molecule has 7 nitrogen and oxygen atoms in total. The standard InChI is InChI=1S/C17H29NO6/c1-3-21-17(20)18-9-7-14(8-10-18)24-16(19)13(2)23-12-15-6-4-5-11-22-15/h13-15H,3-12H2,1-2H3. The van der Waals surface area contributed by atoms with Crippen molar-refractivity contribution < 1.29 is 28.5 Å². The number of carbonyl (C=O) groups is 2. The fourth-order valence-electron chi connectivity index (χ4n) is 2.89. The van der Waals surface area contributed by atoms with E-state index in [1.54, 1.807) is 18.7 Å². The van der Waals surface area contributed by atoms with Crippen LogP contribution in [0.15, 0.2) is 0 Å². The monoisotopic (exact) mass is 343 g/mol. The van der Waals surface area contributed by atoms with E-state index in [1.807, 2.05) is 0 Å². The third-order valence-corrected chi connectivity index (χ3v) is 4.39. The van der Waals surface area contributed by atoms with Crippen LogP contribution in [0.2, 0.25) is 0 Å². The Morgan fingerprint density at radius 3 is 2.58 bits per heavy atom. The highest BCUT2D eigenvalue weighted by Gasteiger charge is 2.28. The first-order valence-electron chi connectivity index (χ1n) is 8.95. The fourth-order valence-corrected chi connectivity index (χ4v) is 2.89. The molecule has 1 amide bonds. The third-order valence-electron chi connectivity index (χ3n) is 4.39. The van der Waals surface area contributed by atoms with Gasteiger partial charge in [-0.05, 0) is 33.1 Å². The van der Waals surface area contributed by atoms with Crippen LogP contribution in [0.3, 0.4) is 0 Å². The number of hydrogen-bond acceptors (Lipinski definition) is 6. The molecule has 2 atom stereocenters. The van der Waals surface area contributed by atoms with Gasteiger partial charge in [-0.2, -0.15) is 0 Å². The minimum atomic E-state index is -0.599. The summed E-state index contributed by atoms with van der Waals surface area (Å²) in [4.78, 5) is 25.4. The van der Waals surface area contributed by atoms with Crippen LogP contribution in [0, 0.1) is 0 Å². The van der Waals surface area contributed by atoms with E-state index in [2.05, 4.69) is 0 Å². The maximum atomic E-state index is 12.1. The Labute approximate surface area is 143 Å². The lowest BCUT2D eigenvalue weighted by Gasteiger charge is -2.31. The molecule has 0 N–H and O–H groups in total. The molecule has 2 aliphatic rings. The van der Waals surface area contributed by atoms with Crippen molar-refractivity contribution in [2.75, 3.05) is 32.9 Å². The van der Waals surface area contributed by atoms with Crippen molar-refractivity contribution >= 4 is 12.1 Å². The van der Waals surface area contributed by atoms with Crippen molar-refractivity contribution in [3.8, 4) is 0 Å². The molecule has 0 aromatic rings. The number of carbonyl (C=O) groups excluding carboxylic acids is 2. The number of rotatable bonds is 6. The smallest absolute Gasteiger partial charge is 0.409 e. The highest BCUT2D eigenvalue weighted by atomic mass is 16.6. The van der Waals surface area contributed by atoms with E-state index >= 15 is 0 Å². The van der Waals surface area contributed by atoms with Crippen molar-refractivity contribution in [1.29, 1.82) is 0 Å². The van der Waals surface area contributed by atoms with Gasteiger partial charge in [0.25, 0.3) is 0 Å². The summed E-state index contributed by atoms with van der Waals surface area (Å²) in [7, 11) is 0. The van der Waals surface area contributed by atoms with E-state index in [0.29, 0.717) is 39.1 Å². The molecule has 2 unspecified atom stereocenters. The summed E-state index contributed by atoms with van der Waals surface area (Å²) < 4.78 is 21.6. The number of likely N-dealkylation sites (tertiary alicyclic amines) is 1. The molecule has 2 fully saturated rings. The Balaban J connectivity index is 1.64. The molecule has 7 heteroatoms. The predicted molar refractivity (Wildman–Crippen MR) is 86.7 cm³/mol. The maximum absolute atomic E-state index is 12.1. The largest absolute Gasteiger partial charge is 0.460 e. The third kappa shape index (κ3) is 5.94. The van der Waals surface area contributed by atoms with E-state index in [4.69, 9.17) is 18.9 Å². The van der Waals surface area contributed by atoms with Gasteiger partial charge in [0.1, 0.15) is 6.10 Å². The topological polar surface area (TPSA) is 74.3 Å². The summed E-state index contributed by atoms with van der Waals surface area (Å²) in [5.41, 5.74) is 0. The summed E-state index contributed by atoms with van der Waals surface area (Å²) in [6, 6.07) is 0. The van der Waals surface area contributed by atoms with E-state index in [9.17, 15) is 9.59 Å². The fraction of sp³-hybridized carbons (Fsp3) is 0.882. The van der Waals surface area contributed by atoms with Gasteiger partial charge in [0.15, 0.2) is 6.10 Å². The lowest BCUT2D eigenvalue weighted by molar-refractivity contribution is -0.166. The second kappa shape index (κ2) is 9.84. The first-order chi connectivity index (χ1) is 11.6. The van der Waals surface area contributed by atoms with Crippen LogP contribution in [0.1, 0.15) is 46.0 Å². The molecule has 0 aliphatic carbocycles. The van der Waals surface area contributed by atoms with E-state index in [0.717, 1.165) is 25.9 Å². The zero-order chi connectivity index (χ0) is 17.4. The Morgan fingerprint density at radius 1 is 1.21 bits per heavy atom. The summed E-state index contributed by atoms with van der Waals surface area (Å²) in [5.74, 6) is -0.347. The Kier molecular flexibility index (Phi) is 7.78. The van der Waals surface area contributed by atoms with E-state index in [-0.39, 0.29) is 24.3 Å². The second-order valence-electron chi connectivity index (χ2n) is 6.29. The molecular formula is C17H29NO6. The molecule has 24 heavy (non-hydrogen) atoms. The normalized spacial score (nSPS) is 23.6. The number of ether oxygens (including phenoxy) is 4. The quantitative estimate of drug-likeness (QED) is 0.688. The second-order valence-corrected chi connectivity index (χ2v) is 6.29. The summed E-state index contributed by atoms with van der Waals surface area (Å²) in [5, 5.41) is 0. The molecular weight excluding hydrogens is 314 g/mol. The highest BCUT2D eigenvalue weighted by molar-refractivity contribution is 5.74. The molecule has 2 saturated heterocycles. The van der Waals surface area contributed by atoms with Gasteiger partial charge in [-0.1, -0.05) is 0 Å². The first-order valence-corrected chi connectivity index (χ1v) is 8.95. The van der Waals surface area contributed by atoms with Crippen molar-refractivity contribution in [3.05, 3.63) is 0 Å². The first kappa shape index (κ1) is 19.0. The molecule has 138 valence electrons. The number of nitrogens with zero attached hydrogens (tertiary/aromatic N) is 1. The average molecular weight is 343 g/mol. The zero-order valence-corrected chi connectivity index (χ0v) is 14.7. The minimum absolute atomic E-state index is 0.0850. The van der Waals surface area contributed by atoms with Crippen LogP contribution < -0.4 is 0 Å². The molecule has 0 aromatic heterocycles. The predicted octanol–water partition coefficient (Wildman–Crippen LogP) is 2.12. The number of esters is 1. The van der Waals surface area contributed by atoms with Crippen LogP contribution in [0.25, 0.3) is 0 Å². The molecule has 2 heterocycles. The van der Waals surface area contributed by atoms with E-state index < -0.39 is 6.10 Å². The lowest BCUT2D eigenvalue weighted by atomic mass is 10.1. The Bertz CT molecular complexity index is 402. The van der Waals surface area contributed by atoms with Crippen molar-refractivity contribution in [2.45, 2.75) is 64.3 Å². The van der Waals surface area contributed by atoms with Crippen LogP contribution in [0.5, 0.6) is 0 Å². The van der Waals surface area contributed by atoms with Crippen LogP contribution in [-0.4, -0.2) is 68.2 Å². The molecule has 0 saturated carbocycles. The van der Waals surface area contributed by atoms with Gasteiger partial charge in [-0.3, -0.25) is 0 Å². The Hall–Kier alpha value is -1.34. The molecule has 2 aliphatic heterocycles. The van der Waals surface area contributed by atoms with Gasteiger partial charge >= 0.3 is 12.1 Å². The van der Waals surface area contributed by atoms with Gasteiger partial charge in [-0.25, -0.2) is 9.59 Å². The van der Waals surface area contributed by atoms with Crippen molar-refractivity contribution in [3.63, 3.8) is 0 Å². The summed E-state index contributed by atoms with van der Waals surface area (Å²) in [6.45, 7) is 6.14. The number of amides is 1. The highest BCUT2D eigenvalue weighted by Crippen LogP contribution is 2.17. The SMILES string of the molecule is CCOC(=O)N1CCC(OC(=O)C(C)OCC2CCCCO2)CC1. The average Bonchev–Trinajstić information content (AvgIpc) is 2.61. The summed E-state index contributed by atoms with van der Waals surface area (Å²) in [6.07, 6.45) is 3.50. The van der Waals surface area contributed by atoms with Crippen molar-refractivity contribution in [1.82, 2.24) is 4.90 Å². The van der Waals surface area contributed by atoms with Gasteiger partial charge in [-0.15, -0.1) is 0 Å². The van der Waals surface area contributed by atoms with Gasteiger partial charge in [0.05, 0.1) is 19.3 Å². The maximum Gasteiger partial charge on any atom is 0.409 e. The van der Waals surface area contributed by atoms with Crippen LogP contribution in [0.4, 0.5) is 4.79 Å². The molecule has 0 spiro atoms. The van der Waals surface area contributed by atoms with Gasteiger partial charge in [0, 0.05) is 32.5 Å². The lowest BCUT2D eigenvalue weighted by Crippen LogP contribution is -2.42. The van der Waals surface area contributed by atoms with E-state index in [1.165, 1.54) is 0 Å². The van der Waals surface area contributed by atoms with Crippen LogP contribution in [-0.2, 0) is 23.7 Å². The number of hydrogen-bond donors (Lipinski definition) is 0. The Morgan fingerprint density at radius 2 is 1.96 bits per heavy atom. The van der Waals surface area contributed by atoms with Gasteiger partial charge < -0.3 is 23.8 Å². The van der Waals surface area contributed by atoms with Gasteiger partial charge in [0.2, 0.25) is 0 Å². The van der Waals surface area contributed by atoms with Crippen molar-refractivity contribution in [2.24, 2.45) is 0 Å². The molecule has 0 radical (unpaired) electrons. The molecule has 0 bridgehead atoms. The molecule has 0 aromatic carbocycles. The zero-order valence-electron chi connectivity index (χ0n) is 14.7.